The lowest BCUT2D eigenvalue weighted by Crippen LogP contribution is -2.48. The minimum atomic E-state index is -1.11. The third kappa shape index (κ3) is 4.26. The largest absolute Gasteiger partial charge is 0.480 e. The van der Waals surface area contributed by atoms with Gasteiger partial charge in [-0.05, 0) is 19.3 Å². The fraction of sp³-hybridized carbons (Fsp3) is 0.778. The van der Waals surface area contributed by atoms with E-state index < -0.39 is 24.1 Å². The average Bonchev–Trinajstić information content (AvgIpc) is 2.11. The Hall–Kier alpha value is -1.14. The van der Waals surface area contributed by atoms with E-state index in [-0.39, 0.29) is 13.2 Å². The molecular weight excluding hydrogens is 202 g/mol. The maximum Gasteiger partial charge on any atom is 0.329 e. The molecule has 0 unspecified atom stereocenters. The molecule has 1 fully saturated rings. The van der Waals surface area contributed by atoms with Gasteiger partial charge in [0.05, 0.1) is 5.60 Å². The van der Waals surface area contributed by atoms with Gasteiger partial charge in [-0.25, -0.2) is 4.79 Å². The average molecular weight is 217 g/mol. The Morgan fingerprint density at radius 1 is 1.33 bits per heavy atom. The lowest BCUT2D eigenvalue weighted by atomic mass is 9.80. The number of hydrogen-bond donors (Lipinski definition) is 3. The quantitative estimate of drug-likeness (QED) is 0.537. The Morgan fingerprint density at radius 2 is 2.00 bits per heavy atom. The molecular formula is C9H15NO5. The normalized spacial score (nSPS) is 17.9. The molecule has 0 aromatic carbocycles. The SMILES string of the molecule is O=C(O)COCC(=O)NCC1(O)CCC1. The summed E-state index contributed by atoms with van der Waals surface area (Å²) < 4.78 is 4.58. The predicted molar refractivity (Wildman–Crippen MR) is 50.3 cm³/mol. The molecule has 0 atom stereocenters. The number of rotatable bonds is 6. The summed E-state index contributed by atoms with van der Waals surface area (Å²) in [6, 6.07) is 0. The highest BCUT2D eigenvalue weighted by Gasteiger charge is 2.34. The summed E-state index contributed by atoms with van der Waals surface area (Å²) in [4.78, 5) is 21.1. The highest BCUT2D eigenvalue weighted by Crippen LogP contribution is 2.30. The molecule has 0 spiro atoms. The summed E-state index contributed by atoms with van der Waals surface area (Å²) in [7, 11) is 0. The molecule has 0 aromatic heterocycles. The maximum atomic E-state index is 11.1. The number of carbonyl (C=O) groups is 2. The summed E-state index contributed by atoms with van der Waals surface area (Å²) in [6.45, 7) is -0.567. The predicted octanol–water partition coefficient (Wildman–Crippen LogP) is -0.881. The third-order valence-corrected chi connectivity index (χ3v) is 2.36. The monoisotopic (exact) mass is 217 g/mol. The number of hydrogen-bond acceptors (Lipinski definition) is 4. The van der Waals surface area contributed by atoms with Crippen LogP contribution in [0.25, 0.3) is 0 Å². The number of aliphatic carboxylic acids is 1. The van der Waals surface area contributed by atoms with Gasteiger partial charge in [0.25, 0.3) is 0 Å². The summed E-state index contributed by atoms with van der Waals surface area (Å²) in [5, 5.41) is 20.4. The molecule has 6 nitrogen and oxygen atoms in total. The lowest BCUT2D eigenvalue weighted by Gasteiger charge is -2.36. The molecule has 86 valence electrons. The van der Waals surface area contributed by atoms with Gasteiger partial charge in [-0.3, -0.25) is 4.79 Å². The van der Waals surface area contributed by atoms with Crippen molar-refractivity contribution in [2.24, 2.45) is 0 Å². The van der Waals surface area contributed by atoms with Crippen molar-refractivity contribution in [3.8, 4) is 0 Å². The van der Waals surface area contributed by atoms with Crippen LogP contribution in [0.3, 0.4) is 0 Å². The zero-order chi connectivity index (χ0) is 11.3. The van der Waals surface area contributed by atoms with Crippen LogP contribution in [0.4, 0.5) is 0 Å². The Labute approximate surface area is 87.2 Å². The Balaban J connectivity index is 2.05. The van der Waals surface area contributed by atoms with Crippen LogP contribution >= 0.6 is 0 Å². The van der Waals surface area contributed by atoms with Gasteiger partial charge >= 0.3 is 5.97 Å². The van der Waals surface area contributed by atoms with Crippen molar-refractivity contribution >= 4 is 11.9 Å². The number of carbonyl (C=O) groups excluding carboxylic acids is 1. The standard InChI is InChI=1S/C9H15NO5/c11-7(4-15-5-8(12)13)10-6-9(14)2-1-3-9/h14H,1-6H2,(H,10,11)(H,12,13). The number of nitrogens with one attached hydrogen (secondary N) is 1. The van der Waals surface area contributed by atoms with Gasteiger partial charge in [0.2, 0.25) is 5.91 Å². The topological polar surface area (TPSA) is 95.9 Å². The van der Waals surface area contributed by atoms with E-state index in [4.69, 9.17) is 5.11 Å². The molecule has 0 heterocycles. The fourth-order valence-electron chi connectivity index (χ4n) is 1.31. The number of aliphatic hydroxyl groups is 1. The van der Waals surface area contributed by atoms with Crippen LogP contribution in [0.2, 0.25) is 0 Å². The first kappa shape index (κ1) is 11.9. The van der Waals surface area contributed by atoms with Crippen LogP contribution in [0.15, 0.2) is 0 Å². The van der Waals surface area contributed by atoms with E-state index in [1.807, 2.05) is 0 Å². The van der Waals surface area contributed by atoms with Gasteiger partial charge < -0.3 is 20.3 Å². The second-order valence-corrected chi connectivity index (χ2v) is 3.74. The van der Waals surface area contributed by atoms with E-state index in [0.717, 1.165) is 6.42 Å². The van der Waals surface area contributed by atoms with Crippen molar-refractivity contribution in [1.29, 1.82) is 0 Å². The van der Waals surface area contributed by atoms with Gasteiger partial charge in [0, 0.05) is 6.54 Å². The van der Waals surface area contributed by atoms with E-state index in [2.05, 4.69) is 10.1 Å². The Bertz CT molecular complexity index is 249. The molecule has 15 heavy (non-hydrogen) atoms. The van der Waals surface area contributed by atoms with Crippen LogP contribution in [-0.2, 0) is 14.3 Å². The lowest BCUT2D eigenvalue weighted by molar-refractivity contribution is -0.143. The van der Waals surface area contributed by atoms with Gasteiger partial charge in [0.15, 0.2) is 0 Å². The van der Waals surface area contributed by atoms with Crippen molar-refractivity contribution in [1.82, 2.24) is 5.32 Å². The summed E-state index contributed by atoms with van der Waals surface area (Å²) in [6.07, 6.45) is 2.37. The minimum Gasteiger partial charge on any atom is -0.480 e. The minimum absolute atomic E-state index is 0.211. The van der Waals surface area contributed by atoms with Crippen molar-refractivity contribution in [2.75, 3.05) is 19.8 Å². The smallest absolute Gasteiger partial charge is 0.329 e. The van der Waals surface area contributed by atoms with Crippen LogP contribution in [-0.4, -0.2) is 47.4 Å². The van der Waals surface area contributed by atoms with E-state index in [0.29, 0.717) is 12.8 Å². The highest BCUT2D eigenvalue weighted by molar-refractivity contribution is 5.77. The summed E-state index contributed by atoms with van der Waals surface area (Å²) >= 11 is 0. The molecule has 0 saturated heterocycles. The fourth-order valence-corrected chi connectivity index (χ4v) is 1.31. The van der Waals surface area contributed by atoms with Crippen molar-refractivity contribution < 1.29 is 24.5 Å². The molecule has 0 bridgehead atoms. The summed E-state index contributed by atoms with van der Waals surface area (Å²) in [5.74, 6) is -1.52. The number of ether oxygens (including phenoxy) is 1. The molecule has 1 saturated carbocycles. The highest BCUT2D eigenvalue weighted by atomic mass is 16.5. The molecule has 1 aliphatic rings. The zero-order valence-corrected chi connectivity index (χ0v) is 8.36. The van der Waals surface area contributed by atoms with Crippen LogP contribution in [0.5, 0.6) is 0 Å². The second kappa shape index (κ2) is 5.09. The molecule has 0 aliphatic heterocycles. The van der Waals surface area contributed by atoms with Crippen LogP contribution < -0.4 is 5.32 Å². The van der Waals surface area contributed by atoms with Gasteiger partial charge in [-0.1, -0.05) is 0 Å². The van der Waals surface area contributed by atoms with Crippen molar-refractivity contribution in [3.05, 3.63) is 0 Å². The van der Waals surface area contributed by atoms with Gasteiger partial charge in [-0.2, -0.15) is 0 Å². The number of carboxylic acids is 1. The van der Waals surface area contributed by atoms with Gasteiger partial charge in [-0.15, -0.1) is 0 Å². The van der Waals surface area contributed by atoms with Crippen LogP contribution in [0, 0.1) is 0 Å². The van der Waals surface area contributed by atoms with Crippen molar-refractivity contribution in [3.63, 3.8) is 0 Å². The number of carboxylic acid groups (broad SMARTS) is 1. The summed E-state index contributed by atoms with van der Waals surface area (Å²) in [5.41, 5.74) is -0.761. The van der Waals surface area contributed by atoms with E-state index in [9.17, 15) is 14.7 Å². The van der Waals surface area contributed by atoms with Gasteiger partial charge in [0.1, 0.15) is 13.2 Å². The molecule has 0 aromatic rings. The van der Waals surface area contributed by atoms with E-state index in [1.54, 1.807) is 0 Å². The van der Waals surface area contributed by atoms with Crippen molar-refractivity contribution in [2.45, 2.75) is 24.9 Å². The maximum absolute atomic E-state index is 11.1. The molecule has 1 rings (SSSR count). The zero-order valence-electron chi connectivity index (χ0n) is 8.36. The third-order valence-electron chi connectivity index (χ3n) is 2.36. The van der Waals surface area contributed by atoms with E-state index >= 15 is 0 Å². The first-order valence-corrected chi connectivity index (χ1v) is 4.80. The molecule has 3 N–H and O–H groups in total. The molecule has 0 radical (unpaired) electrons. The van der Waals surface area contributed by atoms with Crippen LogP contribution in [0.1, 0.15) is 19.3 Å². The Morgan fingerprint density at radius 3 is 2.47 bits per heavy atom. The molecule has 1 aliphatic carbocycles. The van der Waals surface area contributed by atoms with E-state index in [1.165, 1.54) is 0 Å². The first-order chi connectivity index (χ1) is 7.02. The second-order valence-electron chi connectivity index (χ2n) is 3.74. The first-order valence-electron chi connectivity index (χ1n) is 4.80. The molecule has 1 amide bonds. The number of amides is 1. The Kier molecular flexibility index (Phi) is 4.05. The molecule has 6 heteroatoms.